The summed E-state index contributed by atoms with van der Waals surface area (Å²) in [5, 5.41) is 0. The van der Waals surface area contributed by atoms with E-state index in [0.717, 1.165) is 26.2 Å². The second-order valence-electron chi connectivity index (χ2n) is 7.44. The molecule has 0 unspecified atom stereocenters. The second-order valence-corrected chi connectivity index (χ2v) is 9.34. The van der Waals surface area contributed by atoms with Gasteiger partial charge in [0.1, 0.15) is 5.75 Å². The Labute approximate surface area is 161 Å². The zero-order valence-electron chi connectivity index (χ0n) is 16.3. The molecule has 2 aliphatic rings. The minimum atomic E-state index is -3.55. The summed E-state index contributed by atoms with van der Waals surface area (Å²) in [6.45, 7) is 5.87. The minimum absolute atomic E-state index is 0.0724. The largest absolute Gasteiger partial charge is 0.497 e. The van der Waals surface area contributed by atoms with E-state index in [2.05, 4.69) is 11.9 Å². The lowest BCUT2D eigenvalue weighted by molar-refractivity contribution is -0.138. The number of amides is 1. The van der Waals surface area contributed by atoms with E-state index in [1.54, 1.807) is 32.2 Å². The molecule has 2 heterocycles. The van der Waals surface area contributed by atoms with Crippen LogP contribution in [-0.2, 0) is 14.8 Å². The highest BCUT2D eigenvalue weighted by molar-refractivity contribution is 7.89. The number of carbonyl (C=O) groups excluding carboxylic acids is 1. The van der Waals surface area contributed by atoms with Gasteiger partial charge >= 0.3 is 0 Å². The molecule has 0 atom stereocenters. The summed E-state index contributed by atoms with van der Waals surface area (Å²) in [6, 6.07) is 5.00. The van der Waals surface area contributed by atoms with E-state index in [1.165, 1.54) is 4.31 Å². The van der Waals surface area contributed by atoms with Crippen LogP contribution in [0.4, 0.5) is 0 Å². The molecule has 1 aromatic rings. The third-order valence-electron chi connectivity index (χ3n) is 5.62. The van der Waals surface area contributed by atoms with Gasteiger partial charge in [-0.25, -0.2) is 8.42 Å². The van der Waals surface area contributed by atoms with Gasteiger partial charge < -0.3 is 14.5 Å². The molecule has 0 spiro atoms. The van der Waals surface area contributed by atoms with Gasteiger partial charge in [-0.2, -0.15) is 4.31 Å². The highest BCUT2D eigenvalue weighted by atomic mass is 32.2. The van der Waals surface area contributed by atoms with Crippen LogP contribution in [0, 0.1) is 12.8 Å². The molecule has 2 saturated heterocycles. The van der Waals surface area contributed by atoms with E-state index in [-0.39, 0.29) is 11.8 Å². The topological polar surface area (TPSA) is 70.2 Å². The van der Waals surface area contributed by atoms with E-state index < -0.39 is 10.0 Å². The molecule has 0 N–H and O–H groups in total. The van der Waals surface area contributed by atoms with Crippen molar-refractivity contribution in [3.8, 4) is 5.75 Å². The lowest BCUT2D eigenvalue weighted by Crippen LogP contribution is -2.51. The molecular weight excluding hydrogens is 366 g/mol. The predicted molar refractivity (Wildman–Crippen MR) is 103 cm³/mol. The number of nitrogens with zero attached hydrogens (tertiary/aromatic N) is 3. The number of ether oxygens (including phenoxy) is 1. The van der Waals surface area contributed by atoms with E-state index in [1.807, 2.05) is 4.90 Å². The Morgan fingerprint density at radius 3 is 2.26 bits per heavy atom. The number of methoxy groups -OCH3 is 1. The standard InChI is InChI=1S/C19H29N3O4S/c1-15-14-17(26-3)4-5-18(15)27(24,25)22-8-6-16(7-9-22)19(23)21-12-10-20(2)11-13-21/h4-5,14,16H,6-13H2,1-3H3. The van der Waals surface area contributed by atoms with Crippen molar-refractivity contribution in [2.24, 2.45) is 5.92 Å². The van der Waals surface area contributed by atoms with Gasteiger partial charge in [0, 0.05) is 45.2 Å². The average molecular weight is 396 g/mol. The number of hydrogen-bond donors (Lipinski definition) is 0. The summed E-state index contributed by atoms with van der Waals surface area (Å²) in [7, 11) is 0.0697. The number of sulfonamides is 1. The summed E-state index contributed by atoms with van der Waals surface area (Å²) in [5.74, 6) is 0.750. The van der Waals surface area contributed by atoms with Gasteiger partial charge in [0.15, 0.2) is 0 Å². The van der Waals surface area contributed by atoms with E-state index >= 15 is 0 Å². The molecular formula is C19H29N3O4S. The summed E-state index contributed by atoms with van der Waals surface area (Å²) < 4.78 is 32.7. The van der Waals surface area contributed by atoms with Crippen LogP contribution in [0.15, 0.2) is 23.1 Å². The number of aryl methyl sites for hydroxylation is 1. The maximum absolute atomic E-state index is 13.0. The van der Waals surface area contributed by atoms with Crippen molar-refractivity contribution in [3.05, 3.63) is 23.8 Å². The Morgan fingerprint density at radius 1 is 1.07 bits per heavy atom. The van der Waals surface area contributed by atoms with Gasteiger partial charge in [-0.3, -0.25) is 4.79 Å². The highest BCUT2D eigenvalue weighted by Gasteiger charge is 2.34. The van der Waals surface area contributed by atoms with Crippen LogP contribution in [0.1, 0.15) is 18.4 Å². The van der Waals surface area contributed by atoms with Crippen molar-refractivity contribution in [2.45, 2.75) is 24.7 Å². The molecule has 0 aromatic heterocycles. The number of piperidine rings is 1. The molecule has 2 fully saturated rings. The third kappa shape index (κ3) is 4.28. The number of carbonyl (C=O) groups is 1. The molecule has 0 radical (unpaired) electrons. The van der Waals surface area contributed by atoms with Crippen LogP contribution < -0.4 is 4.74 Å². The second kappa shape index (κ2) is 8.16. The van der Waals surface area contributed by atoms with Crippen molar-refractivity contribution >= 4 is 15.9 Å². The van der Waals surface area contributed by atoms with Crippen LogP contribution >= 0.6 is 0 Å². The van der Waals surface area contributed by atoms with Gasteiger partial charge in [-0.15, -0.1) is 0 Å². The van der Waals surface area contributed by atoms with Crippen molar-refractivity contribution in [1.29, 1.82) is 0 Å². The fraction of sp³-hybridized carbons (Fsp3) is 0.632. The van der Waals surface area contributed by atoms with Gasteiger partial charge in [-0.05, 0) is 50.6 Å². The normalized spacial score (nSPS) is 20.6. The molecule has 3 rings (SSSR count). The molecule has 2 aliphatic heterocycles. The van der Waals surface area contributed by atoms with E-state index in [0.29, 0.717) is 42.1 Å². The lowest BCUT2D eigenvalue weighted by atomic mass is 9.96. The fourth-order valence-corrected chi connectivity index (χ4v) is 5.48. The Morgan fingerprint density at radius 2 is 1.70 bits per heavy atom. The third-order valence-corrected chi connectivity index (χ3v) is 7.68. The van der Waals surface area contributed by atoms with Crippen molar-refractivity contribution in [3.63, 3.8) is 0 Å². The van der Waals surface area contributed by atoms with Crippen LogP contribution in [0.3, 0.4) is 0 Å². The van der Waals surface area contributed by atoms with Gasteiger partial charge in [0.2, 0.25) is 15.9 Å². The van der Waals surface area contributed by atoms with E-state index in [9.17, 15) is 13.2 Å². The average Bonchev–Trinajstić information content (AvgIpc) is 2.67. The fourth-order valence-electron chi connectivity index (χ4n) is 3.81. The molecule has 27 heavy (non-hydrogen) atoms. The predicted octanol–water partition coefficient (Wildman–Crippen LogP) is 1.18. The zero-order chi connectivity index (χ0) is 19.6. The smallest absolute Gasteiger partial charge is 0.243 e. The van der Waals surface area contributed by atoms with Crippen molar-refractivity contribution in [2.75, 3.05) is 53.4 Å². The number of piperazine rings is 1. The first kappa shape index (κ1) is 20.1. The van der Waals surface area contributed by atoms with Gasteiger partial charge in [-0.1, -0.05) is 0 Å². The lowest BCUT2D eigenvalue weighted by Gasteiger charge is -2.37. The van der Waals surface area contributed by atoms with Crippen LogP contribution in [0.25, 0.3) is 0 Å². The Kier molecular flexibility index (Phi) is 6.08. The maximum atomic E-state index is 13.0. The quantitative estimate of drug-likeness (QED) is 0.766. The number of likely N-dealkylation sites (N-methyl/N-ethyl adjacent to an activating group) is 1. The number of benzene rings is 1. The molecule has 7 nitrogen and oxygen atoms in total. The van der Waals surface area contributed by atoms with Crippen LogP contribution in [0.2, 0.25) is 0 Å². The Hall–Kier alpha value is -1.64. The van der Waals surface area contributed by atoms with Crippen molar-refractivity contribution < 1.29 is 17.9 Å². The Bertz CT molecular complexity index is 780. The van der Waals surface area contributed by atoms with E-state index in [4.69, 9.17) is 4.74 Å². The summed E-state index contributed by atoms with van der Waals surface area (Å²) >= 11 is 0. The number of rotatable bonds is 4. The zero-order valence-corrected chi connectivity index (χ0v) is 17.2. The molecule has 0 bridgehead atoms. The molecule has 150 valence electrons. The van der Waals surface area contributed by atoms with Crippen molar-refractivity contribution in [1.82, 2.24) is 14.1 Å². The first-order chi connectivity index (χ1) is 12.8. The summed E-state index contributed by atoms with van der Waals surface area (Å²) in [4.78, 5) is 17.2. The van der Waals surface area contributed by atoms with Gasteiger partial charge in [0.25, 0.3) is 0 Å². The minimum Gasteiger partial charge on any atom is -0.497 e. The first-order valence-electron chi connectivity index (χ1n) is 9.45. The van der Waals surface area contributed by atoms with Gasteiger partial charge in [0.05, 0.1) is 12.0 Å². The molecule has 1 aromatic carbocycles. The maximum Gasteiger partial charge on any atom is 0.243 e. The molecule has 1 amide bonds. The van der Waals surface area contributed by atoms with Crippen LogP contribution in [-0.4, -0.2) is 81.9 Å². The molecule has 8 heteroatoms. The van der Waals surface area contributed by atoms with Crippen LogP contribution in [0.5, 0.6) is 5.75 Å². The molecule has 0 aliphatic carbocycles. The first-order valence-corrected chi connectivity index (χ1v) is 10.9. The summed E-state index contributed by atoms with van der Waals surface area (Å²) in [6.07, 6.45) is 1.17. The number of hydrogen-bond acceptors (Lipinski definition) is 5. The Balaban J connectivity index is 1.63. The monoisotopic (exact) mass is 395 g/mol. The molecule has 0 saturated carbocycles. The SMILES string of the molecule is COc1ccc(S(=O)(=O)N2CCC(C(=O)N3CCN(C)CC3)CC2)c(C)c1. The summed E-state index contributed by atoms with van der Waals surface area (Å²) in [5.41, 5.74) is 0.671. The highest BCUT2D eigenvalue weighted by Crippen LogP contribution is 2.28.